The van der Waals surface area contributed by atoms with Crippen LogP contribution in [0.5, 0.6) is 0 Å². The Labute approximate surface area is 112 Å². The predicted octanol–water partition coefficient (Wildman–Crippen LogP) is 3.18. The van der Waals surface area contributed by atoms with Gasteiger partial charge in [-0.3, -0.25) is 0 Å². The fourth-order valence-corrected chi connectivity index (χ4v) is 2.40. The number of thiol groups is 4. The first kappa shape index (κ1) is 21.4. The highest BCUT2D eigenvalue weighted by atomic mass is 33.1. The van der Waals surface area contributed by atoms with E-state index in [4.69, 9.17) is 15.0 Å². The minimum atomic E-state index is -1.83. The SMILES string of the molecule is CC=[SH][SH]=CC.CC=[SH][SH]=CC.O=C(O)O. The molecule has 3 nitrogen and oxygen atoms in total. The van der Waals surface area contributed by atoms with Crippen LogP contribution >= 0.6 is 41.5 Å². The first-order valence-corrected chi connectivity index (χ1v) is 9.66. The van der Waals surface area contributed by atoms with Gasteiger partial charge in [0.2, 0.25) is 0 Å². The van der Waals surface area contributed by atoms with Crippen LogP contribution in [0.2, 0.25) is 0 Å². The fraction of sp³-hybridized carbons (Fsp3) is 0.444. The maximum Gasteiger partial charge on any atom is 0.503 e. The van der Waals surface area contributed by atoms with Crippen LogP contribution in [-0.4, -0.2) is 37.8 Å². The van der Waals surface area contributed by atoms with Gasteiger partial charge in [-0.2, -0.15) is 41.5 Å². The fourth-order valence-electron chi connectivity index (χ4n) is 0.267. The lowest BCUT2D eigenvalue weighted by molar-refractivity contribution is 0.137. The van der Waals surface area contributed by atoms with Crippen molar-refractivity contribution < 1.29 is 15.0 Å². The molecule has 0 unspecified atom stereocenters. The van der Waals surface area contributed by atoms with Crippen LogP contribution in [0.25, 0.3) is 0 Å². The lowest BCUT2D eigenvalue weighted by Gasteiger charge is -1.66. The molecule has 0 aromatic rings. The summed E-state index contributed by atoms with van der Waals surface area (Å²) in [7, 11) is 5.61. The second kappa shape index (κ2) is 24.4. The maximum absolute atomic E-state index is 8.56. The van der Waals surface area contributed by atoms with Gasteiger partial charge in [-0.05, 0) is 27.7 Å². The molecule has 0 radical (unpaired) electrons. The normalized spacial score (nSPS) is 12.2. The molecule has 0 amide bonds. The van der Waals surface area contributed by atoms with E-state index in [0.29, 0.717) is 0 Å². The van der Waals surface area contributed by atoms with Crippen molar-refractivity contribution in [1.82, 2.24) is 0 Å². The maximum atomic E-state index is 8.56. The third-order valence-corrected chi connectivity index (χ3v) is 5.36. The van der Waals surface area contributed by atoms with Gasteiger partial charge in [0, 0.05) is 0 Å². The van der Waals surface area contributed by atoms with Crippen molar-refractivity contribution >= 4 is 69.2 Å². The summed E-state index contributed by atoms with van der Waals surface area (Å²) >= 11 is 0. The van der Waals surface area contributed by atoms with Crippen molar-refractivity contribution in [2.75, 3.05) is 0 Å². The first-order valence-electron chi connectivity index (χ1n) is 4.39. The molecule has 0 rings (SSSR count). The first-order chi connectivity index (χ1) is 7.56. The Morgan fingerprint density at radius 3 is 0.938 bits per heavy atom. The summed E-state index contributed by atoms with van der Waals surface area (Å²) in [6.07, 6.45) is -1.83. The molecular weight excluding hydrogens is 284 g/mol. The molecule has 0 atom stereocenters. The second-order valence-electron chi connectivity index (χ2n) is 1.78. The van der Waals surface area contributed by atoms with Crippen LogP contribution in [-0.2, 0) is 0 Å². The largest absolute Gasteiger partial charge is 0.503 e. The average Bonchev–Trinajstić information content (AvgIpc) is 2.23. The highest BCUT2D eigenvalue weighted by Crippen LogP contribution is 1.95. The van der Waals surface area contributed by atoms with Gasteiger partial charge in [-0.25, -0.2) is 4.79 Å². The predicted molar refractivity (Wildman–Crippen MR) is 93.5 cm³/mol. The van der Waals surface area contributed by atoms with E-state index in [2.05, 4.69) is 49.2 Å². The molecule has 0 spiro atoms. The number of rotatable bonds is 2. The van der Waals surface area contributed by atoms with E-state index in [1.165, 1.54) is 41.5 Å². The molecule has 0 aromatic carbocycles. The van der Waals surface area contributed by atoms with Crippen molar-refractivity contribution in [3.63, 3.8) is 0 Å². The highest BCUT2D eigenvalue weighted by Gasteiger charge is 1.70. The molecule has 2 N–H and O–H groups in total. The van der Waals surface area contributed by atoms with Gasteiger partial charge in [0.25, 0.3) is 0 Å². The van der Waals surface area contributed by atoms with Gasteiger partial charge < -0.3 is 10.2 Å². The zero-order chi connectivity index (χ0) is 13.2. The van der Waals surface area contributed by atoms with Crippen molar-refractivity contribution in [2.45, 2.75) is 27.7 Å². The second-order valence-corrected chi connectivity index (χ2v) is 7.54. The molecule has 0 saturated heterocycles. The summed E-state index contributed by atoms with van der Waals surface area (Å²) < 4.78 is 0. The molecular formula is C9H22O3S4. The van der Waals surface area contributed by atoms with E-state index >= 15 is 0 Å². The van der Waals surface area contributed by atoms with Crippen molar-refractivity contribution in [3.8, 4) is 0 Å². The molecule has 0 fully saturated rings. The summed E-state index contributed by atoms with van der Waals surface area (Å²) in [5, 5.41) is 22.5. The van der Waals surface area contributed by atoms with E-state index in [-0.39, 0.29) is 0 Å². The molecule has 0 aliphatic carbocycles. The van der Waals surface area contributed by atoms with Gasteiger partial charge in [0.1, 0.15) is 0 Å². The topological polar surface area (TPSA) is 57.5 Å². The third kappa shape index (κ3) is 64.7. The Balaban J connectivity index is -0.000000162. The molecule has 0 aliphatic heterocycles. The summed E-state index contributed by atoms with van der Waals surface area (Å²) in [6.45, 7) is 8.27. The molecule has 0 aliphatic rings. The molecule has 0 saturated carbocycles. The Morgan fingerprint density at radius 2 is 0.875 bits per heavy atom. The lowest BCUT2D eigenvalue weighted by atomic mass is 11.0. The van der Waals surface area contributed by atoms with E-state index in [9.17, 15) is 0 Å². The summed E-state index contributed by atoms with van der Waals surface area (Å²) in [6, 6.07) is 0. The Kier molecular flexibility index (Phi) is 32.7. The highest BCUT2D eigenvalue weighted by molar-refractivity contribution is 8.73. The van der Waals surface area contributed by atoms with E-state index in [1.54, 1.807) is 0 Å². The number of carboxylic acid groups (broad SMARTS) is 2. The summed E-state index contributed by atoms with van der Waals surface area (Å²) in [4.78, 5) is 8.56. The third-order valence-electron chi connectivity index (χ3n) is 0.595. The van der Waals surface area contributed by atoms with Crippen LogP contribution in [0.1, 0.15) is 27.7 Å². The molecule has 0 heterocycles. The van der Waals surface area contributed by atoms with Gasteiger partial charge >= 0.3 is 6.16 Å². The van der Waals surface area contributed by atoms with Crippen molar-refractivity contribution in [1.29, 1.82) is 0 Å². The van der Waals surface area contributed by atoms with Crippen LogP contribution < -0.4 is 0 Å². The number of carbonyl (C=O) groups is 1. The van der Waals surface area contributed by atoms with Gasteiger partial charge in [-0.1, -0.05) is 21.5 Å². The quantitative estimate of drug-likeness (QED) is 0.270. The zero-order valence-corrected chi connectivity index (χ0v) is 13.5. The minimum absolute atomic E-state index is 1.40. The Bertz CT molecular complexity index is 203. The Morgan fingerprint density at radius 1 is 0.750 bits per heavy atom. The lowest BCUT2D eigenvalue weighted by Crippen LogP contribution is -1.81. The van der Waals surface area contributed by atoms with Crippen LogP contribution in [0, 0.1) is 0 Å². The molecule has 0 aromatic heterocycles. The Hall–Kier alpha value is 0.150. The average molecular weight is 307 g/mol. The summed E-state index contributed by atoms with van der Waals surface area (Å²) in [5.74, 6) is 0. The van der Waals surface area contributed by atoms with Crippen LogP contribution in [0.3, 0.4) is 0 Å². The molecule has 0 bridgehead atoms. The van der Waals surface area contributed by atoms with Crippen molar-refractivity contribution in [2.24, 2.45) is 0 Å². The number of hydrogen-bond donors (Lipinski definition) is 6. The van der Waals surface area contributed by atoms with Gasteiger partial charge in [0.05, 0.1) is 0 Å². The van der Waals surface area contributed by atoms with Crippen LogP contribution in [0.15, 0.2) is 0 Å². The molecule has 100 valence electrons. The van der Waals surface area contributed by atoms with E-state index in [1.807, 2.05) is 0 Å². The van der Waals surface area contributed by atoms with Gasteiger partial charge in [0.15, 0.2) is 0 Å². The van der Waals surface area contributed by atoms with E-state index < -0.39 is 6.16 Å². The molecule has 7 heteroatoms. The monoisotopic (exact) mass is 306 g/mol. The summed E-state index contributed by atoms with van der Waals surface area (Å²) in [5.41, 5.74) is 0. The van der Waals surface area contributed by atoms with Crippen LogP contribution in [0.4, 0.5) is 4.79 Å². The van der Waals surface area contributed by atoms with E-state index in [0.717, 1.165) is 0 Å². The van der Waals surface area contributed by atoms with Crippen molar-refractivity contribution in [3.05, 3.63) is 0 Å². The van der Waals surface area contributed by atoms with Gasteiger partial charge in [-0.15, -0.1) is 0 Å². The zero-order valence-electron chi connectivity index (χ0n) is 9.90. The standard InChI is InChI=1S/2C4H10S2.CH2O3/c2*1-3-5-6-4-2;2-1(3)4/h2*3-6H,1-2H3;(H2,2,3,4). The smallest absolute Gasteiger partial charge is 0.450 e. The minimum Gasteiger partial charge on any atom is -0.450 e. The molecule has 16 heavy (non-hydrogen) atoms. The number of hydrogen-bond acceptors (Lipinski definition) is 1.